The van der Waals surface area contributed by atoms with E-state index in [1.807, 2.05) is 5.32 Å². The average Bonchev–Trinajstić information content (AvgIpc) is 2.03. The molecular formula is C5H12N2O5. The molecular weight excluding hydrogens is 168 g/mol. The Kier molecular flexibility index (Phi) is 4.52. The Morgan fingerprint density at radius 3 is 2.08 bits per heavy atom. The Labute approximate surface area is 69.6 Å². The predicted octanol–water partition coefficient (Wildman–Crippen LogP) is -0.863. The van der Waals surface area contributed by atoms with Crippen LogP contribution in [-0.2, 0) is 19.2 Å². The normalized spacial score (nSPS) is 11.2. The maximum atomic E-state index is 10.4. The third kappa shape index (κ3) is 3.01. The lowest BCUT2D eigenvalue weighted by molar-refractivity contribution is -0.496. The maximum absolute atomic E-state index is 10.4. The molecule has 0 aromatic carbocycles. The van der Waals surface area contributed by atoms with E-state index in [0.29, 0.717) is 0 Å². The summed E-state index contributed by atoms with van der Waals surface area (Å²) in [5, 5.41) is 2.04. The highest BCUT2D eigenvalue weighted by atomic mass is 17.3. The molecule has 0 aromatic heterocycles. The Hall–Kier alpha value is -0.890. The number of hydrogen-bond acceptors (Lipinski definition) is 5. The van der Waals surface area contributed by atoms with Gasteiger partial charge in [0.05, 0.1) is 7.11 Å². The number of ether oxygens (including phenoxy) is 2. The van der Waals surface area contributed by atoms with Crippen LogP contribution in [0.1, 0.15) is 0 Å². The van der Waals surface area contributed by atoms with Crippen LogP contribution in [0.5, 0.6) is 0 Å². The van der Waals surface area contributed by atoms with Gasteiger partial charge in [0.25, 0.3) is 0 Å². The van der Waals surface area contributed by atoms with Crippen molar-refractivity contribution in [3.8, 4) is 0 Å². The highest BCUT2D eigenvalue weighted by Crippen LogP contribution is 2.08. The molecule has 7 nitrogen and oxygen atoms in total. The van der Waals surface area contributed by atoms with E-state index in [1.54, 1.807) is 0 Å². The van der Waals surface area contributed by atoms with E-state index in [2.05, 4.69) is 19.2 Å². The zero-order chi connectivity index (χ0) is 9.61. The maximum Gasteiger partial charge on any atom is 0.404 e. The molecule has 0 unspecified atom stereocenters. The molecule has 0 saturated carbocycles. The molecule has 0 aliphatic carbocycles. The molecule has 2 amide bonds. The smallest absolute Gasteiger partial charge is 0.351 e. The second kappa shape index (κ2) is 4.88. The lowest BCUT2D eigenvalue weighted by atomic mass is 10.8. The van der Waals surface area contributed by atoms with E-state index in [0.717, 1.165) is 0 Å². The molecule has 0 rings (SSSR count). The molecule has 7 heteroatoms. The van der Waals surface area contributed by atoms with E-state index in [-0.39, 0.29) is 0 Å². The fraction of sp³-hybridized carbons (Fsp3) is 0.800. The van der Waals surface area contributed by atoms with Gasteiger partial charge in [-0.2, -0.15) is 4.89 Å². The SMILES string of the molecule is COOC(NC(N)=O)(OC)OC. The van der Waals surface area contributed by atoms with Gasteiger partial charge in [-0.1, -0.05) is 0 Å². The van der Waals surface area contributed by atoms with Gasteiger partial charge < -0.3 is 15.2 Å². The molecule has 12 heavy (non-hydrogen) atoms. The van der Waals surface area contributed by atoms with Crippen molar-refractivity contribution >= 4 is 6.03 Å². The number of amides is 2. The molecule has 0 radical (unpaired) electrons. The number of hydrogen-bond donors (Lipinski definition) is 2. The number of carbonyl (C=O) groups is 1. The zero-order valence-corrected chi connectivity index (χ0v) is 7.12. The minimum atomic E-state index is -1.79. The van der Waals surface area contributed by atoms with Gasteiger partial charge in [0.2, 0.25) is 0 Å². The van der Waals surface area contributed by atoms with Gasteiger partial charge >= 0.3 is 12.1 Å². The van der Waals surface area contributed by atoms with E-state index >= 15 is 0 Å². The first-order valence-electron chi connectivity index (χ1n) is 3.00. The van der Waals surface area contributed by atoms with E-state index in [4.69, 9.17) is 5.73 Å². The van der Waals surface area contributed by atoms with Crippen LogP contribution in [-0.4, -0.2) is 33.5 Å². The fourth-order valence-corrected chi connectivity index (χ4v) is 0.535. The monoisotopic (exact) mass is 180 g/mol. The van der Waals surface area contributed by atoms with Crippen LogP contribution in [0, 0.1) is 0 Å². The third-order valence-electron chi connectivity index (χ3n) is 1.01. The van der Waals surface area contributed by atoms with Crippen LogP contribution in [0.15, 0.2) is 0 Å². The second-order valence-electron chi connectivity index (χ2n) is 1.70. The molecule has 0 heterocycles. The molecule has 0 bridgehead atoms. The summed E-state index contributed by atoms with van der Waals surface area (Å²) in [6, 6.07) is -0.865. The Morgan fingerprint density at radius 1 is 1.33 bits per heavy atom. The summed E-state index contributed by atoms with van der Waals surface area (Å²) >= 11 is 0. The van der Waals surface area contributed by atoms with Gasteiger partial charge in [-0.05, 0) is 0 Å². The summed E-state index contributed by atoms with van der Waals surface area (Å²) in [7, 11) is 3.73. The van der Waals surface area contributed by atoms with E-state index in [1.165, 1.54) is 21.3 Å². The third-order valence-corrected chi connectivity index (χ3v) is 1.01. The van der Waals surface area contributed by atoms with Gasteiger partial charge in [-0.3, -0.25) is 5.32 Å². The number of rotatable bonds is 5. The van der Waals surface area contributed by atoms with Crippen molar-refractivity contribution in [3.05, 3.63) is 0 Å². The van der Waals surface area contributed by atoms with E-state index < -0.39 is 12.1 Å². The molecule has 0 aliphatic heterocycles. The van der Waals surface area contributed by atoms with Crippen molar-refractivity contribution in [3.63, 3.8) is 0 Å². The summed E-state index contributed by atoms with van der Waals surface area (Å²) in [6.45, 7) is 0. The van der Waals surface area contributed by atoms with Crippen molar-refractivity contribution in [2.24, 2.45) is 5.73 Å². The molecule has 0 saturated heterocycles. The van der Waals surface area contributed by atoms with Crippen LogP contribution < -0.4 is 11.1 Å². The Bertz CT molecular complexity index is 147. The number of nitrogens with one attached hydrogen (secondary N) is 1. The molecule has 3 N–H and O–H groups in total. The van der Waals surface area contributed by atoms with E-state index in [9.17, 15) is 4.79 Å². The zero-order valence-electron chi connectivity index (χ0n) is 7.12. The number of primary amides is 1. The predicted molar refractivity (Wildman–Crippen MR) is 37.6 cm³/mol. The first-order valence-corrected chi connectivity index (χ1v) is 3.00. The van der Waals surface area contributed by atoms with Gasteiger partial charge in [0, 0.05) is 14.2 Å². The quantitative estimate of drug-likeness (QED) is 0.326. The standard InChI is InChI=1S/C5H12N2O5/c1-9-5(10-2,12-11-3)7-4(6)8/h1-3H3,(H3,6,7,8). The molecule has 0 fully saturated rings. The largest absolute Gasteiger partial charge is 0.404 e. The molecule has 0 spiro atoms. The van der Waals surface area contributed by atoms with Gasteiger partial charge in [-0.15, -0.1) is 0 Å². The number of carbonyl (C=O) groups excluding carboxylic acids is 1. The van der Waals surface area contributed by atoms with Gasteiger partial charge in [0.15, 0.2) is 0 Å². The highest BCUT2D eigenvalue weighted by molar-refractivity contribution is 5.71. The van der Waals surface area contributed by atoms with Gasteiger partial charge in [0.1, 0.15) is 0 Å². The minimum Gasteiger partial charge on any atom is -0.351 e. The molecule has 0 aromatic rings. The van der Waals surface area contributed by atoms with Crippen LogP contribution in [0.4, 0.5) is 4.79 Å². The first-order chi connectivity index (χ1) is 5.60. The number of urea groups is 1. The summed E-state index contributed by atoms with van der Waals surface area (Å²) in [4.78, 5) is 19.2. The summed E-state index contributed by atoms with van der Waals surface area (Å²) in [5.41, 5.74) is 4.81. The summed E-state index contributed by atoms with van der Waals surface area (Å²) in [5.74, 6) is 0. The lowest BCUT2D eigenvalue weighted by Gasteiger charge is -2.26. The Morgan fingerprint density at radius 2 is 1.83 bits per heavy atom. The number of methoxy groups -OCH3 is 2. The van der Waals surface area contributed by atoms with Crippen molar-refractivity contribution in [2.45, 2.75) is 6.10 Å². The highest BCUT2D eigenvalue weighted by Gasteiger charge is 2.34. The number of nitrogens with two attached hydrogens (primary N) is 1. The van der Waals surface area contributed by atoms with Crippen molar-refractivity contribution in [1.82, 2.24) is 5.32 Å². The van der Waals surface area contributed by atoms with Gasteiger partial charge in [-0.25, -0.2) is 9.68 Å². The van der Waals surface area contributed by atoms with Crippen LogP contribution in [0.25, 0.3) is 0 Å². The molecule has 72 valence electrons. The summed E-state index contributed by atoms with van der Waals surface area (Å²) < 4.78 is 9.31. The second-order valence-corrected chi connectivity index (χ2v) is 1.70. The van der Waals surface area contributed by atoms with Crippen molar-refractivity contribution in [2.75, 3.05) is 21.3 Å². The average molecular weight is 180 g/mol. The Balaban J connectivity index is 4.23. The van der Waals surface area contributed by atoms with Crippen molar-refractivity contribution < 1.29 is 24.0 Å². The minimum absolute atomic E-state index is 0.865. The van der Waals surface area contributed by atoms with Crippen molar-refractivity contribution in [1.29, 1.82) is 0 Å². The first kappa shape index (κ1) is 11.1. The molecule has 0 aliphatic rings. The van der Waals surface area contributed by atoms with Crippen LogP contribution >= 0.6 is 0 Å². The fourth-order valence-electron chi connectivity index (χ4n) is 0.535. The lowest BCUT2D eigenvalue weighted by Crippen LogP contribution is -2.55. The molecule has 0 atom stereocenters. The summed E-state index contributed by atoms with van der Waals surface area (Å²) in [6.07, 6.45) is -1.79. The van der Waals surface area contributed by atoms with Crippen LogP contribution in [0.2, 0.25) is 0 Å². The topological polar surface area (TPSA) is 92.0 Å². The van der Waals surface area contributed by atoms with Crippen LogP contribution in [0.3, 0.4) is 0 Å².